The van der Waals surface area contributed by atoms with Crippen LogP contribution in [0.2, 0.25) is 0 Å². The van der Waals surface area contributed by atoms with Gasteiger partial charge in [0, 0.05) is 18.0 Å². The molecule has 0 spiro atoms. The van der Waals surface area contributed by atoms with Crippen LogP contribution in [0.5, 0.6) is 5.75 Å². The summed E-state index contributed by atoms with van der Waals surface area (Å²) >= 11 is 0. The maximum Gasteiger partial charge on any atom is 0.346 e. The van der Waals surface area contributed by atoms with Crippen molar-refractivity contribution in [1.82, 2.24) is 9.38 Å². The Kier molecular flexibility index (Phi) is 4.79. The molecule has 0 aliphatic rings. The summed E-state index contributed by atoms with van der Waals surface area (Å²) < 4.78 is 12.3. The lowest BCUT2D eigenvalue weighted by molar-refractivity contribution is 0.0330. The highest BCUT2D eigenvalue weighted by Gasteiger charge is 2.20. The molecule has 128 valence electrons. The molecule has 3 rings (SSSR count). The number of esters is 1. The van der Waals surface area contributed by atoms with E-state index in [2.05, 4.69) is 4.98 Å². The molecule has 0 saturated heterocycles. The number of pyridine rings is 1. The van der Waals surface area contributed by atoms with Crippen LogP contribution in [0.1, 0.15) is 35.9 Å². The Bertz CT molecular complexity index is 965. The van der Waals surface area contributed by atoms with Gasteiger partial charge in [0.1, 0.15) is 23.1 Å². The molecule has 2 heterocycles. The zero-order chi connectivity index (χ0) is 17.8. The second kappa shape index (κ2) is 7.17. The minimum absolute atomic E-state index is 0.107. The third-order valence-corrected chi connectivity index (χ3v) is 3.77. The van der Waals surface area contributed by atoms with Gasteiger partial charge in [0.2, 0.25) is 0 Å². The van der Waals surface area contributed by atoms with Gasteiger partial charge in [-0.2, -0.15) is 0 Å². The molecule has 0 aliphatic heterocycles. The molecule has 0 N–H and O–H groups in total. The molecular formula is C19H18N2O4. The number of carbonyl (C=O) groups is 1. The highest BCUT2D eigenvalue weighted by atomic mass is 16.5. The molecule has 0 amide bonds. The molecule has 0 unspecified atom stereocenters. The summed E-state index contributed by atoms with van der Waals surface area (Å²) in [6, 6.07) is 12.5. The van der Waals surface area contributed by atoms with E-state index in [-0.39, 0.29) is 5.56 Å². The average Bonchev–Trinajstić information content (AvgIpc) is 2.63. The van der Waals surface area contributed by atoms with E-state index in [9.17, 15) is 9.59 Å². The van der Waals surface area contributed by atoms with Crippen molar-refractivity contribution in [3.8, 4) is 5.75 Å². The summed E-state index contributed by atoms with van der Waals surface area (Å²) in [5.41, 5.74) is 0.649. The molecule has 0 saturated carbocycles. The largest absolute Gasteiger partial charge is 0.493 e. The van der Waals surface area contributed by atoms with Crippen molar-refractivity contribution in [2.45, 2.75) is 20.0 Å². The van der Waals surface area contributed by atoms with Gasteiger partial charge in [-0.3, -0.25) is 9.20 Å². The van der Waals surface area contributed by atoms with Crippen molar-refractivity contribution in [3.05, 3.63) is 76.3 Å². The van der Waals surface area contributed by atoms with Crippen LogP contribution >= 0.6 is 0 Å². The van der Waals surface area contributed by atoms with Gasteiger partial charge in [0.05, 0.1) is 6.61 Å². The average molecular weight is 338 g/mol. The number of hydrogen-bond donors (Lipinski definition) is 0. The van der Waals surface area contributed by atoms with Gasteiger partial charge < -0.3 is 9.47 Å². The Hall–Kier alpha value is -3.15. The fourth-order valence-electron chi connectivity index (χ4n) is 2.56. The van der Waals surface area contributed by atoms with Gasteiger partial charge >= 0.3 is 5.97 Å². The van der Waals surface area contributed by atoms with Crippen molar-refractivity contribution in [1.29, 1.82) is 0 Å². The third-order valence-electron chi connectivity index (χ3n) is 3.77. The number of ether oxygens (including phenoxy) is 2. The Morgan fingerprint density at radius 3 is 2.76 bits per heavy atom. The standard InChI is InChI=1S/C19H18N2O4/c1-3-24-16-9-5-4-8-14(16)13(2)25-19(23)15-12-20-17-10-6-7-11-21(17)18(15)22/h4-13H,3H2,1-2H3/t13-/m0/s1. The molecule has 0 aliphatic carbocycles. The minimum Gasteiger partial charge on any atom is -0.493 e. The first kappa shape index (κ1) is 16.7. The van der Waals surface area contributed by atoms with E-state index in [0.717, 1.165) is 5.56 Å². The molecule has 2 aromatic heterocycles. The first-order chi connectivity index (χ1) is 12.1. The van der Waals surface area contributed by atoms with Crippen LogP contribution in [0.3, 0.4) is 0 Å². The molecular weight excluding hydrogens is 320 g/mol. The quantitative estimate of drug-likeness (QED) is 0.669. The first-order valence-corrected chi connectivity index (χ1v) is 8.01. The number of rotatable bonds is 5. The van der Waals surface area contributed by atoms with E-state index in [1.54, 1.807) is 31.3 Å². The van der Waals surface area contributed by atoms with E-state index in [0.29, 0.717) is 18.0 Å². The predicted octanol–water partition coefficient (Wildman–Crippen LogP) is 3.01. The zero-order valence-electron chi connectivity index (χ0n) is 14.0. The SMILES string of the molecule is CCOc1ccccc1[C@H](C)OC(=O)c1cnc2ccccn2c1=O. The van der Waals surface area contributed by atoms with Crippen LogP contribution in [0, 0.1) is 0 Å². The fraction of sp³-hybridized carbons (Fsp3) is 0.211. The van der Waals surface area contributed by atoms with Gasteiger partial charge in [-0.1, -0.05) is 24.3 Å². The summed E-state index contributed by atoms with van der Waals surface area (Å²) in [5, 5.41) is 0. The number of benzene rings is 1. The molecule has 3 aromatic rings. The Morgan fingerprint density at radius 1 is 1.20 bits per heavy atom. The molecule has 0 radical (unpaired) electrons. The van der Waals surface area contributed by atoms with E-state index < -0.39 is 17.6 Å². The van der Waals surface area contributed by atoms with Gasteiger partial charge in [-0.15, -0.1) is 0 Å². The van der Waals surface area contributed by atoms with Crippen molar-refractivity contribution in [2.75, 3.05) is 6.61 Å². The topological polar surface area (TPSA) is 69.9 Å². The van der Waals surface area contributed by atoms with Crippen LogP contribution in [-0.2, 0) is 4.74 Å². The van der Waals surface area contributed by atoms with Crippen molar-refractivity contribution >= 4 is 11.6 Å². The number of fused-ring (bicyclic) bond motifs is 1. The van der Waals surface area contributed by atoms with E-state index >= 15 is 0 Å². The van der Waals surface area contributed by atoms with Crippen molar-refractivity contribution < 1.29 is 14.3 Å². The number of aromatic nitrogens is 2. The molecule has 0 bridgehead atoms. The Balaban J connectivity index is 1.88. The van der Waals surface area contributed by atoms with E-state index in [4.69, 9.17) is 9.47 Å². The monoisotopic (exact) mass is 338 g/mol. The van der Waals surface area contributed by atoms with Crippen LogP contribution in [0.15, 0.2) is 59.7 Å². The van der Waals surface area contributed by atoms with Crippen LogP contribution in [-0.4, -0.2) is 22.0 Å². The summed E-state index contributed by atoms with van der Waals surface area (Å²) in [5.74, 6) is -0.0618. The lowest BCUT2D eigenvalue weighted by Gasteiger charge is -2.17. The van der Waals surface area contributed by atoms with Gasteiger partial charge in [-0.05, 0) is 32.0 Å². The normalized spacial score (nSPS) is 11.9. The van der Waals surface area contributed by atoms with Crippen molar-refractivity contribution in [3.63, 3.8) is 0 Å². The molecule has 25 heavy (non-hydrogen) atoms. The van der Waals surface area contributed by atoms with Gasteiger partial charge in [-0.25, -0.2) is 9.78 Å². The van der Waals surface area contributed by atoms with E-state index in [1.807, 2.05) is 31.2 Å². The van der Waals surface area contributed by atoms with Crippen molar-refractivity contribution in [2.24, 2.45) is 0 Å². The van der Waals surface area contributed by atoms with Crippen LogP contribution < -0.4 is 10.3 Å². The molecule has 6 nitrogen and oxygen atoms in total. The maximum atomic E-state index is 12.5. The summed E-state index contributed by atoms with van der Waals surface area (Å²) in [7, 11) is 0. The smallest absolute Gasteiger partial charge is 0.346 e. The molecule has 0 fully saturated rings. The van der Waals surface area contributed by atoms with Gasteiger partial charge in [0.15, 0.2) is 0 Å². The second-order valence-corrected chi connectivity index (χ2v) is 5.42. The zero-order valence-corrected chi connectivity index (χ0v) is 14.0. The molecule has 6 heteroatoms. The van der Waals surface area contributed by atoms with Crippen LogP contribution in [0.25, 0.3) is 5.65 Å². The third kappa shape index (κ3) is 3.38. The summed E-state index contributed by atoms with van der Waals surface area (Å²) in [4.78, 5) is 29.0. The summed E-state index contributed by atoms with van der Waals surface area (Å²) in [6.07, 6.45) is 2.25. The highest BCUT2D eigenvalue weighted by molar-refractivity contribution is 5.89. The number of hydrogen-bond acceptors (Lipinski definition) is 5. The van der Waals surface area contributed by atoms with E-state index in [1.165, 1.54) is 10.6 Å². The number of carbonyl (C=O) groups excluding carboxylic acids is 1. The fourth-order valence-corrected chi connectivity index (χ4v) is 2.56. The Morgan fingerprint density at radius 2 is 1.96 bits per heavy atom. The minimum atomic E-state index is -0.713. The van der Waals surface area contributed by atoms with Gasteiger partial charge in [0.25, 0.3) is 5.56 Å². The first-order valence-electron chi connectivity index (χ1n) is 8.01. The maximum absolute atomic E-state index is 12.5. The second-order valence-electron chi connectivity index (χ2n) is 5.42. The summed E-state index contributed by atoms with van der Waals surface area (Å²) in [6.45, 7) is 4.13. The number of nitrogens with zero attached hydrogens (tertiary/aromatic N) is 2. The number of para-hydroxylation sites is 1. The molecule has 1 aromatic carbocycles. The Labute approximate surface area is 144 Å². The predicted molar refractivity (Wildman–Crippen MR) is 92.9 cm³/mol. The van der Waals surface area contributed by atoms with Crippen LogP contribution in [0.4, 0.5) is 0 Å². The lowest BCUT2D eigenvalue weighted by Crippen LogP contribution is -2.24. The molecule has 1 atom stereocenters. The highest BCUT2D eigenvalue weighted by Crippen LogP contribution is 2.27. The lowest BCUT2D eigenvalue weighted by atomic mass is 10.1.